The molecule has 0 aliphatic rings. The number of alkyl halides is 2. The number of carbonyl (C=O) groups excluding carboxylic acids is 1. The first-order chi connectivity index (χ1) is 13.9. The first-order valence-electron chi connectivity index (χ1n) is 8.41. The fraction of sp³-hybridized carbons (Fsp3) is 0.100. The van der Waals surface area contributed by atoms with Crippen molar-refractivity contribution in [3.05, 3.63) is 82.8 Å². The molecule has 0 saturated heterocycles. The summed E-state index contributed by atoms with van der Waals surface area (Å²) in [7, 11) is 0. The second-order valence-corrected chi connectivity index (χ2v) is 6.28. The first kappa shape index (κ1) is 20.5. The minimum Gasteiger partial charge on any atom is -0.435 e. The number of nitrogens with one attached hydrogen (secondary N) is 1. The third-order valence-corrected chi connectivity index (χ3v) is 4.16. The zero-order valence-electron chi connectivity index (χ0n) is 14.9. The van der Waals surface area contributed by atoms with Gasteiger partial charge in [0.1, 0.15) is 11.6 Å². The lowest BCUT2D eigenvalue weighted by molar-refractivity contribution is -0.111. The van der Waals surface area contributed by atoms with Crippen molar-refractivity contribution in [3.8, 4) is 5.75 Å². The van der Waals surface area contributed by atoms with Crippen LogP contribution < -0.4 is 10.1 Å². The molecule has 1 aromatic heterocycles. The Balaban J connectivity index is 1.58. The van der Waals surface area contributed by atoms with Crippen LogP contribution in [0, 0.1) is 5.82 Å². The molecular formula is C20H15ClF3N3O2. The van der Waals surface area contributed by atoms with Crippen LogP contribution in [0.4, 0.5) is 19.0 Å². The summed E-state index contributed by atoms with van der Waals surface area (Å²) in [4.78, 5) is 12.0. The molecule has 0 atom stereocenters. The highest BCUT2D eigenvalue weighted by molar-refractivity contribution is 6.31. The van der Waals surface area contributed by atoms with E-state index in [1.165, 1.54) is 53.2 Å². The van der Waals surface area contributed by atoms with E-state index in [0.717, 1.165) is 0 Å². The van der Waals surface area contributed by atoms with E-state index in [-0.39, 0.29) is 18.1 Å². The van der Waals surface area contributed by atoms with Crippen molar-refractivity contribution in [1.29, 1.82) is 0 Å². The lowest BCUT2D eigenvalue weighted by Gasteiger charge is -2.06. The number of hydrogen-bond acceptors (Lipinski definition) is 3. The molecule has 29 heavy (non-hydrogen) atoms. The number of rotatable bonds is 7. The molecule has 150 valence electrons. The molecule has 3 rings (SSSR count). The zero-order valence-corrected chi connectivity index (χ0v) is 15.6. The fourth-order valence-corrected chi connectivity index (χ4v) is 2.68. The van der Waals surface area contributed by atoms with Crippen molar-refractivity contribution in [2.24, 2.45) is 0 Å². The number of anilines is 1. The number of carbonyl (C=O) groups is 1. The second-order valence-electron chi connectivity index (χ2n) is 5.87. The Hall–Kier alpha value is -3.26. The van der Waals surface area contributed by atoms with Gasteiger partial charge in [-0.25, -0.2) is 4.39 Å². The summed E-state index contributed by atoms with van der Waals surface area (Å²) in [5.41, 5.74) is 0.927. The van der Waals surface area contributed by atoms with Crippen LogP contribution in [0.15, 0.2) is 60.8 Å². The molecule has 2 aromatic carbocycles. The number of halogens is 4. The van der Waals surface area contributed by atoms with Gasteiger partial charge in [-0.3, -0.25) is 9.48 Å². The molecule has 1 N–H and O–H groups in total. The van der Waals surface area contributed by atoms with Crippen molar-refractivity contribution in [3.63, 3.8) is 0 Å². The maximum atomic E-state index is 13.9. The summed E-state index contributed by atoms with van der Waals surface area (Å²) >= 11 is 6.00. The molecule has 0 aliphatic heterocycles. The average molecular weight is 422 g/mol. The molecule has 0 aliphatic carbocycles. The van der Waals surface area contributed by atoms with E-state index < -0.39 is 18.3 Å². The van der Waals surface area contributed by atoms with Crippen molar-refractivity contribution >= 4 is 29.4 Å². The minimum absolute atomic E-state index is 0.0297. The Morgan fingerprint density at radius 3 is 2.66 bits per heavy atom. The summed E-state index contributed by atoms with van der Waals surface area (Å²) < 4.78 is 43.8. The maximum absolute atomic E-state index is 13.9. The van der Waals surface area contributed by atoms with E-state index in [9.17, 15) is 18.0 Å². The molecule has 3 aromatic rings. The predicted molar refractivity (Wildman–Crippen MR) is 103 cm³/mol. The number of benzene rings is 2. The molecule has 0 unspecified atom stereocenters. The highest BCUT2D eigenvalue weighted by atomic mass is 35.5. The highest BCUT2D eigenvalue weighted by Gasteiger charge is 2.09. The summed E-state index contributed by atoms with van der Waals surface area (Å²) in [6.45, 7) is -2.78. The highest BCUT2D eigenvalue weighted by Crippen LogP contribution is 2.20. The number of ether oxygens (including phenoxy) is 1. The maximum Gasteiger partial charge on any atom is 0.387 e. The Morgan fingerprint density at radius 1 is 1.21 bits per heavy atom. The lowest BCUT2D eigenvalue weighted by Crippen LogP contribution is -2.09. The van der Waals surface area contributed by atoms with Crippen LogP contribution in [0.2, 0.25) is 5.02 Å². The van der Waals surface area contributed by atoms with Gasteiger partial charge in [0.2, 0.25) is 5.91 Å². The molecule has 0 bridgehead atoms. The normalized spacial score (nSPS) is 11.2. The average Bonchev–Trinajstić information content (AvgIpc) is 3.11. The Bertz CT molecular complexity index is 1000. The van der Waals surface area contributed by atoms with Gasteiger partial charge in [0, 0.05) is 28.9 Å². The topological polar surface area (TPSA) is 56.1 Å². The molecule has 5 nitrogen and oxygen atoms in total. The van der Waals surface area contributed by atoms with Crippen molar-refractivity contribution in [2.75, 3.05) is 5.32 Å². The third kappa shape index (κ3) is 5.86. The van der Waals surface area contributed by atoms with E-state index in [1.54, 1.807) is 18.3 Å². The minimum atomic E-state index is -2.89. The number of aromatic nitrogens is 2. The second kappa shape index (κ2) is 9.29. The number of amides is 1. The molecule has 1 amide bonds. The molecule has 1 heterocycles. The van der Waals surface area contributed by atoms with Crippen LogP contribution in [0.1, 0.15) is 11.1 Å². The molecule has 0 fully saturated rings. The Labute approximate surface area is 169 Å². The Morgan fingerprint density at radius 2 is 1.97 bits per heavy atom. The molecule has 0 spiro atoms. The number of nitrogens with zero attached hydrogens (tertiary/aromatic N) is 2. The van der Waals surface area contributed by atoms with Gasteiger partial charge in [-0.1, -0.05) is 29.8 Å². The van der Waals surface area contributed by atoms with Crippen LogP contribution in [0.25, 0.3) is 6.08 Å². The largest absolute Gasteiger partial charge is 0.435 e. The lowest BCUT2D eigenvalue weighted by atomic mass is 10.2. The zero-order chi connectivity index (χ0) is 20.8. The first-order valence-corrected chi connectivity index (χ1v) is 8.79. The van der Waals surface area contributed by atoms with E-state index in [0.29, 0.717) is 16.1 Å². The molecule has 0 radical (unpaired) electrons. The van der Waals surface area contributed by atoms with Crippen molar-refractivity contribution < 1.29 is 22.7 Å². The van der Waals surface area contributed by atoms with Crippen molar-refractivity contribution in [1.82, 2.24) is 9.78 Å². The van der Waals surface area contributed by atoms with Crippen LogP contribution in [-0.2, 0) is 11.3 Å². The molecular weight excluding hydrogens is 407 g/mol. The predicted octanol–water partition coefficient (Wildman–Crippen LogP) is 4.98. The van der Waals surface area contributed by atoms with Gasteiger partial charge in [0.05, 0.1) is 6.54 Å². The fourth-order valence-electron chi connectivity index (χ4n) is 2.46. The van der Waals surface area contributed by atoms with Gasteiger partial charge in [0.25, 0.3) is 0 Å². The van der Waals surface area contributed by atoms with Gasteiger partial charge < -0.3 is 10.1 Å². The van der Waals surface area contributed by atoms with Crippen molar-refractivity contribution in [2.45, 2.75) is 13.2 Å². The van der Waals surface area contributed by atoms with E-state index in [4.69, 9.17) is 11.6 Å². The SMILES string of the molecule is O=C(/C=C\c1ccc(OC(F)F)cc1)Nc1ccn(Cc2c(F)cccc2Cl)n1. The van der Waals surface area contributed by atoms with E-state index in [2.05, 4.69) is 15.2 Å². The summed E-state index contributed by atoms with van der Waals surface area (Å²) in [5, 5.41) is 7.03. The van der Waals surface area contributed by atoms with Crippen LogP contribution in [0.3, 0.4) is 0 Å². The van der Waals surface area contributed by atoms with Gasteiger partial charge in [-0.05, 0) is 35.9 Å². The van der Waals surface area contributed by atoms with Crippen LogP contribution in [0.5, 0.6) is 5.75 Å². The standard InChI is InChI=1S/C20H15ClF3N3O2/c21-16-2-1-3-17(22)15(16)12-27-11-10-18(26-27)25-19(28)9-6-13-4-7-14(8-5-13)29-20(23)24/h1-11,20H,12H2,(H,25,26,28)/b9-6-. The van der Waals surface area contributed by atoms with Gasteiger partial charge in [0.15, 0.2) is 5.82 Å². The monoisotopic (exact) mass is 421 g/mol. The summed E-state index contributed by atoms with van der Waals surface area (Å²) in [6, 6.07) is 11.8. The summed E-state index contributed by atoms with van der Waals surface area (Å²) in [6.07, 6.45) is 4.37. The Kier molecular flexibility index (Phi) is 6.56. The quantitative estimate of drug-likeness (QED) is 0.547. The van der Waals surface area contributed by atoms with Gasteiger partial charge in [-0.2, -0.15) is 13.9 Å². The van der Waals surface area contributed by atoms with Crippen LogP contribution >= 0.6 is 11.6 Å². The van der Waals surface area contributed by atoms with E-state index >= 15 is 0 Å². The smallest absolute Gasteiger partial charge is 0.387 e. The summed E-state index contributed by atoms with van der Waals surface area (Å²) in [5.74, 6) is -0.562. The number of hydrogen-bond donors (Lipinski definition) is 1. The van der Waals surface area contributed by atoms with E-state index in [1.807, 2.05) is 0 Å². The molecule has 9 heteroatoms. The van der Waals surface area contributed by atoms with Gasteiger partial charge >= 0.3 is 6.61 Å². The third-order valence-electron chi connectivity index (χ3n) is 3.81. The molecule has 0 saturated carbocycles. The van der Waals surface area contributed by atoms with Gasteiger partial charge in [-0.15, -0.1) is 0 Å². The van der Waals surface area contributed by atoms with Crippen LogP contribution in [-0.4, -0.2) is 22.3 Å².